The van der Waals surface area contributed by atoms with E-state index in [1.54, 1.807) is 0 Å². The molecule has 2 saturated heterocycles. The lowest BCUT2D eigenvalue weighted by molar-refractivity contribution is -0.124. The van der Waals surface area contributed by atoms with Gasteiger partial charge in [0.25, 0.3) is 0 Å². The second-order valence-corrected chi connectivity index (χ2v) is 7.42. The van der Waals surface area contributed by atoms with Crippen molar-refractivity contribution in [2.75, 3.05) is 13.1 Å². The van der Waals surface area contributed by atoms with Gasteiger partial charge in [-0.25, -0.2) is 0 Å². The van der Waals surface area contributed by atoms with Crippen LogP contribution in [0.1, 0.15) is 49.7 Å². The minimum atomic E-state index is -0.228. The van der Waals surface area contributed by atoms with Crippen LogP contribution in [-0.2, 0) is 10.2 Å². The molecule has 3 heteroatoms. The molecule has 2 atom stereocenters. The number of aryl methyl sites for hydroxylation is 1. The third-order valence-electron chi connectivity index (χ3n) is 5.93. The zero-order chi connectivity index (χ0) is 15.2. The van der Waals surface area contributed by atoms with Crippen molar-refractivity contribution >= 4 is 5.91 Å². The van der Waals surface area contributed by atoms with Gasteiger partial charge in [-0.1, -0.05) is 36.2 Å². The second-order valence-electron chi connectivity index (χ2n) is 7.42. The Morgan fingerprint density at radius 2 is 2.09 bits per heavy atom. The highest BCUT2D eigenvalue weighted by molar-refractivity contribution is 5.91. The summed E-state index contributed by atoms with van der Waals surface area (Å²) in [6, 6.07) is 9.46. The molecular weight excluding hydrogens is 272 g/mol. The molecule has 4 rings (SSSR count). The van der Waals surface area contributed by atoms with Gasteiger partial charge in [0, 0.05) is 18.6 Å². The monoisotopic (exact) mass is 298 g/mol. The van der Waals surface area contributed by atoms with Crippen molar-refractivity contribution < 1.29 is 4.79 Å². The number of carbonyl (C=O) groups excluding carboxylic acids is 1. The highest BCUT2D eigenvalue weighted by atomic mass is 16.2. The zero-order valence-electron chi connectivity index (χ0n) is 13.5. The Labute approximate surface area is 133 Å². The normalized spacial score (nSPS) is 29.9. The van der Waals surface area contributed by atoms with Gasteiger partial charge in [-0.2, -0.15) is 0 Å². The summed E-state index contributed by atoms with van der Waals surface area (Å²) in [7, 11) is 0. The van der Waals surface area contributed by atoms with Crippen molar-refractivity contribution in [3.05, 3.63) is 35.4 Å². The van der Waals surface area contributed by atoms with Gasteiger partial charge in [0.1, 0.15) is 0 Å². The summed E-state index contributed by atoms with van der Waals surface area (Å²) < 4.78 is 0. The summed E-state index contributed by atoms with van der Waals surface area (Å²) in [5.41, 5.74) is 2.23. The molecule has 22 heavy (non-hydrogen) atoms. The van der Waals surface area contributed by atoms with Gasteiger partial charge < -0.3 is 5.32 Å². The first-order valence-electron chi connectivity index (χ1n) is 8.81. The van der Waals surface area contributed by atoms with E-state index in [9.17, 15) is 4.79 Å². The molecule has 0 aromatic heterocycles. The van der Waals surface area contributed by atoms with Crippen molar-refractivity contribution in [1.29, 1.82) is 0 Å². The number of hydrogen-bond acceptors (Lipinski definition) is 2. The molecule has 1 aromatic carbocycles. The molecule has 3 aliphatic rings. The summed E-state index contributed by atoms with van der Waals surface area (Å²) in [6.45, 7) is 4.49. The maximum atomic E-state index is 12.9. The number of rotatable bonds is 3. The number of fused-ring (bicyclic) bond motifs is 1. The topological polar surface area (TPSA) is 32.3 Å². The molecule has 1 saturated carbocycles. The van der Waals surface area contributed by atoms with Crippen LogP contribution >= 0.6 is 0 Å². The predicted octanol–water partition coefficient (Wildman–Crippen LogP) is 2.77. The Hall–Kier alpha value is -1.35. The van der Waals surface area contributed by atoms with E-state index in [4.69, 9.17) is 0 Å². The van der Waals surface area contributed by atoms with E-state index >= 15 is 0 Å². The smallest absolute Gasteiger partial charge is 0.230 e. The number of carbonyl (C=O) groups is 1. The van der Waals surface area contributed by atoms with Crippen molar-refractivity contribution in [3.63, 3.8) is 0 Å². The maximum Gasteiger partial charge on any atom is 0.230 e. The van der Waals surface area contributed by atoms with E-state index in [0.717, 1.165) is 25.8 Å². The van der Waals surface area contributed by atoms with Crippen LogP contribution in [0.3, 0.4) is 0 Å². The number of amides is 1. The quantitative estimate of drug-likeness (QED) is 0.930. The molecule has 3 nitrogen and oxygen atoms in total. The lowest BCUT2D eigenvalue weighted by Gasteiger charge is -2.33. The van der Waals surface area contributed by atoms with Gasteiger partial charge in [0.2, 0.25) is 5.91 Å². The molecule has 0 radical (unpaired) electrons. The largest absolute Gasteiger partial charge is 0.351 e. The zero-order valence-corrected chi connectivity index (χ0v) is 13.5. The molecule has 2 heterocycles. The summed E-state index contributed by atoms with van der Waals surface area (Å²) in [5.74, 6) is 0.274. The van der Waals surface area contributed by atoms with E-state index in [1.807, 2.05) is 0 Å². The van der Waals surface area contributed by atoms with Crippen molar-refractivity contribution in [2.24, 2.45) is 0 Å². The number of hydrogen-bond donors (Lipinski definition) is 1. The van der Waals surface area contributed by atoms with Crippen LogP contribution in [0.4, 0.5) is 0 Å². The van der Waals surface area contributed by atoms with Gasteiger partial charge in [-0.15, -0.1) is 0 Å². The van der Waals surface area contributed by atoms with Crippen molar-refractivity contribution in [2.45, 2.75) is 62.9 Å². The minimum Gasteiger partial charge on any atom is -0.351 e. The van der Waals surface area contributed by atoms with Crippen molar-refractivity contribution in [1.82, 2.24) is 10.2 Å². The van der Waals surface area contributed by atoms with Crippen LogP contribution in [0.2, 0.25) is 0 Å². The lowest BCUT2D eigenvalue weighted by Crippen LogP contribution is -2.49. The summed E-state index contributed by atoms with van der Waals surface area (Å²) in [4.78, 5) is 15.5. The molecule has 1 aliphatic carbocycles. The maximum absolute atomic E-state index is 12.9. The SMILES string of the molecule is Cc1cccc(C2(C(=O)N[C@@H]3CCN4CCCC[C@H]34)CC2)c1. The molecule has 3 fully saturated rings. The minimum absolute atomic E-state index is 0.228. The first-order valence-corrected chi connectivity index (χ1v) is 8.81. The van der Waals surface area contributed by atoms with Crippen LogP contribution in [-0.4, -0.2) is 36.0 Å². The number of nitrogens with one attached hydrogen (secondary N) is 1. The lowest BCUT2D eigenvalue weighted by atomic mass is 9.92. The van der Waals surface area contributed by atoms with E-state index in [1.165, 1.54) is 36.9 Å². The van der Waals surface area contributed by atoms with E-state index < -0.39 is 0 Å². The molecule has 0 bridgehead atoms. The van der Waals surface area contributed by atoms with E-state index in [-0.39, 0.29) is 11.3 Å². The summed E-state index contributed by atoms with van der Waals surface area (Å²) in [6.07, 6.45) is 7.02. The fourth-order valence-electron chi connectivity index (χ4n) is 4.44. The molecule has 118 valence electrons. The molecule has 1 aromatic rings. The van der Waals surface area contributed by atoms with Crippen LogP contribution in [0, 0.1) is 6.92 Å². The average molecular weight is 298 g/mol. The van der Waals surface area contributed by atoms with Gasteiger partial charge >= 0.3 is 0 Å². The molecule has 0 unspecified atom stereocenters. The summed E-state index contributed by atoms with van der Waals surface area (Å²) in [5, 5.41) is 3.42. The molecular formula is C19H26N2O. The van der Waals surface area contributed by atoms with Gasteiger partial charge in [0.15, 0.2) is 0 Å². The predicted molar refractivity (Wildman–Crippen MR) is 87.9 cm³/mol. The van der Waals surface area contributed by atoms with Gasteiger partial charge in [-0.3, -0.25) is 9.69 Å². The highest BCUT2D eigenvalue weighted by Crippen LogP contribution is 2.48. The first-order chi connectivity index (χ1) is 10.7. The third-order valence-corrected chi connectivity index (χ3v) is 5.93. The Balaban J connectivity index is 1.48. The number of nitrogens with zero attached hydrogens (tertiary/aromatic N) is 1. The Kier molecular flexibility index (Phi) is 3.48. The van der Waals surface area contributed by atoms with E-state index in [0.29, 0.717) is 12.1 Å². The van der Waals surface area contributed by atoms with Gasteiger partial charge in [-0.05, 0) is 51.1 Å². The standard InChI is InChI=1S/C19H26N2O/c1-14-5-4-6-15(13-14)19(9-10-19)18(22)20-16-8-12-21-11-3-2-7-17(16)21/h4-6,13,16-17H,2-3,7-12H2,1H3,(H,20,22)/t16-,17-/m1/s1. The average Bonchev–Trinajstić information content (AvgIpc) is 3.25. The third kappa shape index (κ3) is 2.36. The van der Waals surface area contributed by atoms with Crippen molar-refractivity contribution in [3.8, 4) is 0 Å². The van der Waals surface area contributed by atoms with Gasteiger partial charge in [0.05, 0.1) is 5.41 Å². The molecule has 2 aliphatic heterocycles. The molecule has 1 N–H and O–H groups in total. The van der Waals surface area contributed by atoms with Crippen LogP contribution in [0.25, 0.3) is 0 Å². The summed E-state index contributed by atoms with van der Waals surface area (Å²) >= 11 is 0. The first kappa shape index (κ1) is 14.3. The Bertz CT molecular complexity index is 579. The number of benzene rings is 1. The van der Waals surface area contributed by atoms with E-state index in [2.05, 4.69) is 41.4 Å². The molecule has 1 amide bonds. The molecule has 0 spiro atoms. The second kappa shape index (κ2) is 5.38. The van der Waals surface area contributed by atoms with Crippen LogP contribution < -0.4 is 5.32 Å². The fourth-order valence-corrected chi connectivity index (χ4v) is 4.44. The Morgan fingerprint density at radius 1 is 1.23 bits per heavy atom. The van der Waals surface area contributed by atoms with Crippen LogP contribution in [0.5, 0.6) is 0 Å². The highest BCUT2D eigenvalue weighted by Gasteiger charge is 2.52. The number of piperidine rings is 1. The van der Waals surface area contributed by atoms with Crippen LogP contribution in [0.15, 0.2) is 24.3 Å². The fraction of sp³-hybridized carbons (Fsp3) is 0.632. The Morgan fingerprint density at radius 3 is 2.86 bits per heavy atom.